The summed E-state index contributed by atoms with van der Waals surface area (Å²) in [5.74, 6) is 0. The summed E-state index contributed by atoms with van der Waals surface area (Å²) in [5.41, 5.74) is 0. The Bertz CT molecular complexity index is 238. The highest BCUT2D eigenvalue weighted by Crippen LogP contribution is 2.36. The first-order chi connectivity index (χ1) is 7.67. The molecule has 17 heavy (non-hydrogen) atoms. The van der Waals surface area contributed by atoms with Crippen LogP contribution in [0.5, 0.6) is 0 Å². The van der Waals surface area contributed by atoms with Gasteiger partial charge in [0.25, 0.3) is 0 Å². The predicted molar refractivity (Wildman–Crippen MR) is 72.8 cm³/mol. The summed E-state index contributed by atoms with van der Waals surface area (Å²) in [6.07, 6.45) is 2.76. The zero-order valence-corrected chi connectivity index (χ0v) is 13.5. The van der Waals surface area contributed by atoms with E-state index in [4.69, 9.17) is 9.32 Å². The number of rotatable bonds is 8. The van der Waals surface area contributed by atoms with Gasteiger partial charge in [-0.05, 0) is 37.4 Å². The first-order valence-corrected chi connectivity index (χ1v) is 10.1. The first kappa shape index (κ1) is 17.2. The van der Waals surface area contributed by atoms with E-state index in [1.807, 2.05) is 0 Å². The molecular formula is C11H26O4PSi+. The molecule has 0 amide bonds. The third-order valence-corrected chi connectivity index (χ3v) is 8.20. The van der Waals surface area contributed by atoms with Crippen molar-refractivity contribution in [1.82, 2.24) is 0 Å². The van der Waals surface area contributed by atoms with Crippen molar-refractivity contribution in [3.8, 4) is 0 Å². The van der Waals surface area contributed by atoms with Crippen LogP contribution >= 0.6 is 8.25 Å². The highest BCUT2D eigenvalue weighted by molar-refractivity contribution is 7.32. The lowest BCUT2D eigenvalue weighted by Gasteiger charge is -2.36. The van der Waals surface area contributed by atoms with Crippen molar-refractivity contribution in [3.05, 3.63) is 0 Å². The molecule has 0 aliphatic rings. The molecule has 0 aromatic heterocycles. The zero-order chi connectivity index (χ0) is 13.5. The van der Waals surface area contributed by atoms with Gasteiger partial charge in [-0.1, -0.05) is 20.8 Å². The number of hydrogen-bond donors (Lipinski definition) is 1. The van der Waals surface area contributed by atoms with E-state index < -0.39 is 16.6 Å². The summed E-state index contributed by atoms with van der Waals surface area (Å²) in [6, 6.07) is 0. The van der Waals surface area contributed by atoms with E-state index in [0.717, 1.165) is 25.9 Å². The highest BCUT2D eigenvalue weighted by atomic mass is 31.1. The van der Waals surface area contributed by atoms with Crippen molar-refractivity contribution >= 4 is 16.6 Å². The van der Waals surface area contributed by atoms with Gasteiger partial charge in [-0.2, -0.15) is 0 Å². The van der Waals surface area contributed by atoms with Crippen molar-refractivity contribution < 1.29 is 18.4 Å². The molecule has 4 nitrogen and oxygen atoms in total. The number of hydrogen-bond acceptors (Lipinski definition) is 3. The Morgan fingerprint density at radius 1 is 1.12 bits per heavy atom. The topological polar surface area (TPSA) is 55.8 Å². The molecule has 0 aromatic rings. The summed E-state index contributed by atoms with van der Waals surface area (Å²) in [5, 5.41) is 0.255. The van der Waals surface area contributed by atoms with Gasteiger partial charge in [0.1, 0.15) is 6.61 Å². The Balaban J connectivity index is 3.55. The van der Waals surface area contributed by atoms with Crippen LogP contribution in [0.1, 0.15) is 40.0 Å². The lowest BCUT2D eigenvalue weighted by Crippen LogP contribution is -2.40. The van der Waals surface area contributed by atoms with Crippen LogP contribution in [0.4, 0.5) is 0 Å². The summed E-state index contributed by atoms with van der Waals surface area (Å²) >= 11 is 0. The van der Waals surface area contributed by atoms with E-state index in [1.165, 1.54) is 0 Å². The van der Waals surface area contributed by atoms with Crippen molar-refractivity contribution in [2.45, 2.75) is 58.2 Å². The predicted octanol–water partition coefficient (Wildman–Crippen LogP) is 3.84. The van der Waals surface area contributed by atoms with Crippen molar-refractivity contribution in [3.63, 3.8) is 0 Å². The minimum Gasteiger partial charge on any atom is -0.417 e. The largest absolute Gasteiger partial charge is 0.694 e. The van der Waals surface area contributed by atoms with Crippen molar-refractivity contribution in [2.75, 3.05) is 13.2 Å². The van der Waals surface area contributed by atoms with E-state index >= 15 is 0 Å². The minimum absolute atomic E-state index is 0.255. The van der Waals surface area contributed by atoms with E-state index in [-0.39, 0.29) is 5.04 Å². The number of unbranched alkanes of at least 4 members (excludes halogenated alkanes) is 2. The lowest BCUT2D eigenvalue weighted by atomic mass is 10.2. The molecule has 0 saturated carbocycles. The third kappa shape index (κ3) is 8.00. The minimum atomic E-state index is -2.43. The quantitative estimate of drug-likeness (QED) is 0.417. The monoisotopic (exact) mass is 281 g/mol. The molecule has 1 N–H and O–H groups in total. The molecule has 0 radical (unpaired) electrons. The Labute approximate surface area is 107 Å². The van der Waals surface area contributed by atoms with E-state index in [2.05, 4.69) is 38.4 Å². The van der Waals surface area contributed by atoms with Crippen LogP contribution in [-0.2, 0) is 13.5 Å². The van der Waals surface area contributed by atoms with E-state index in [1.54, 1.807) is 0 Å². The molecule has 1 unspecified atom stereocenters. The fourth-order valence-electron chi connectivity index (χ4n) is 1.07. The summed E-state index contributed by atoms with van der Waals surface area (Å²) in [6.45, 7) is 12.3. The molecule has 6 heteroatoms. The molecule has 0 aliphatic heterocycles. The molecule has 0 bridgehead atoms. The van der Waals surface area contributed by atoms with Gasteiger partial charge in [-0.3, -0.25) is 0 Å². The van der Waals surface area contributed by atoms with Gasteiger partial charge in [0.15, 0.2) is 8.32 Å². The van der Waals surface area contributed by atoms with Gasteiger partial charge in [0.2, 0.25) is 0 Å². The average Bonchev–Trinajstić information content (AvgIpc) is 2.13. The molecule has 102 valence electrons. The SMILES string of the molecule is CC(C)(C)[Si](C)(C)OCCCCCO[P+](=O)O. The maximum Gasteiger partial charge on any atom is 0.694 e. The third-order valence-electron chi connectivity index (χ3n) is 3.26. The van der Waals surface area contributed by atoms with Gasteiger partial charge in [0, 0.05) is 11.2 Å². The molecule has 0 fully saturated rings. The van der Waals surface area contributed by atoms with Crippen molar-refractivity contribution in [2.24, 2.45) is 0 Å². The molecule has 0 aromatic carbocycles. The molecule has 0 heterocycles. The van der Waals surface area contributed by atoms with Crippen LogP contribution in [-0.4, -0.2) is 26.4 Å². The van der Waals surface area contributed by atoms with Crippen LogP contribution < -0.4 is 0 Å². The molecule has 0 saturated heterocycles. The summed E-state index contributed by atoms with van der Waals surface area (Å²) in [4.78, 5) is 8.42. The normalized spacial score (nSPS) is 13.9. The Morgan fingerprint density at radius 3 is 2.12 bits per heavy atom. The van der Waals surface area contributed by atoms with E-state index in [9.17, 15) is 4.57 Å². The van der Waals surface area contributed by atoms with Gasteiger partial charge in [-0.25, -0.2) is 0 Å². The van der Waals surface area contributed by atoms with Crippen LogP contribution in [0.25, 0.3) is 0 Å². The molecule has 0 aliphatic carbocycles. The molecule has 1 atom stereocenters. The van der Waals surface area contributed by atoms with Crippen LogP contribution in [0.2, 0.25) is 18.1 Å². The van der Waals surface area contributed by atoms with Gasteiger partial charge < -0.3 is 4.43 Å². The Hall–Kier alpha value is 0.197. The molecule has 0 rings (SSSR count). The highest BCUT2D eigenvalue weighted by Gasteiger charge is 2.36. The average molecular weight is 281 g/mol. The van der Waals surface area contributed by atoms with Crippen LogP contribution in [0.3, 0.4) is 0 Å². The maximum atomic E-state index is 10.2. The first-order valence-electron chi connectivity index (χ1n) is 6.10. The second kappa shape index (κ2) is 7.59. The summed E-state index contributed by atoms with van der Waals surface area (Å²) < 4.78 is 20.8. The van der Waals surface area contributed by atoms with Gasteiger partial charge >= 0.3 is 8.25 Å². The fraction of sp³-hybridized carbons (Fsp3) is 1.00. The standard InChI is InChI=1S/C11H25O4PSi/c1-11(2,3)17(4,5)15-10-8-6-7-9-14-16(12)13/h6-10H2,1-5H3/p+1. The zero-order valence-electron chi connectivity index (χ0n) is 11.7. The van der Waals surface area contributed by atoms with Gasteiger partial charge in [-0.15, -0.1) is 9.42 Å². The molecule has 0 spiro atoms. The Kier molecular flexibility index (Phi) is 7.68. The second-order valence-electron chi connectivity index (χ2n) is 5.74. The summed E-state index contributed by atoms with van der Waals surface area (Å²) in [7, 11) is -4.04. The fourth-order valence-corrected chi connectivity index (χ4v) is 2.44. The van der Waals surface area contributed by atoms with E-state index in [0.29, 0.717) is 6.61 Å². The van der Waals surface area contributed by atoms with Crippen LogP contribution in [0.15, 0.2) is 0 Å². The lowest BCUT2D eigenvalue weighted by molar-refractivity contribution is 0.255. The Morgan fingerprint density at radius 2 is 1.65 bits per heavy atom. The van der Waals surface area contributed by atoms with Gasteiger partial charge in [0.05, 0.1) is 0 Å². The van der Waals surface area contributed by atoms with Crippen LogP contribution in [0, 0.1) is 0 Å². The van der Waals surface area contributed by atoms with Crippen molar-refractivity contribution in [1.29, 1.82) is 0 Å². The molecular weight excluding hydrogens is 255 g/mol. The maximum absolute atomic E-state index is 10.2. The second-order valence-corrected chi connectivity index (χ2v) is 11.3. The smallest absolute Gasteiger partial charge is 0.417 e.